The lowest BCUT2D eigenvalue weighted by Crippen LogP contribution is -2.40. The summed E-state index contributed by atoms with van der Waals surface area (Å²) in [5.41, 5.74) is 0.542. The van der Waals surface area contributed by atoms with Crippen molar-refractivity contribution in [1.29, 1.82) is 0 Å². The summed E-state index contributed by atoms with van der Waals surface area (Å²) in [6, 6.07) is 5.34. The molecule has 0 radical (unpaired) electrons. The van der Waals surface area contributed by atoms with Gasteiger partial charge in [0.25, 0.3) is 0 Å². The maximum absolute atomic E-state index is 6.25. The van der Waals surface area contributed by atoms with Gasteiger partial charge in [0.15, 0.2) is 4.80 Å². The van der Waals surface area contributed by atoms with E-state index >= 15 is 0 Å². The van der Waals surface area contributed by atoms with Gasteiger partial charge in [-0.1, -0.05) is 29.3 Å². The van der Waals surface area contributed by atoms with Crippen LogP contribution in [0.2, 0.25) is 10.0 Å². The quantitative estimate of drug-likeness (QED) is 0.570. The van der Waals surface area contributed by atoms with Gasteiger partial charge in [-0.15, -0.1) is 11.3 Å². The van der Waals surface area contributed by atoms with E-state index in [2.05, 4.69) is 9.89 Å². The van der Waals surface area contributed by atoms with Gasteiger partial charge < -0.3 is 14.2 Å². The van der Waals surface area contributed by atoms with Crippen LogP contribution in [-0.2, 0) is 11.8 Å². The number of nitrogens with zero attached hydrogens (tertiary/aromatic N) is 4. The number of benzene rings is 1. The summed E-state index contributed by atoms with van der Waals surface area (Å²) in [7, 11) is 1.95. The predicted octanol–water partition coefficient (Wildman–Crippen LogP) is 3.31. The summed E-state index contributed by atoms with van der Waals surface area (Å²) in [6.07, 6.45) is 1.96. The average Bonchev–Trinajstić information content (AvgIpc) is 2.96. The minimum absolute atomic E-state index is 0.508. The zero-order chi connectivity index (χ0) is 16.2. The second-order valence-corrected chi connectivity index (χ2v) is 6.68. The number of ether oxygens (including phenoxy) is 1. The molecule has 1 saturated heterocycles. The van der Waals surface area contributed by atoms with Crippen molar-refractivity contribution in [1.82, 2.24) is 9.47 Å². The Morgan fingerprint density at radius 1 is 1.22 bits per heavy atom. The Kier molecular flexibility index (Phi) is 5.38. The fourth-order valence-corrected chi connectivity index (χ4v) is 3.35. The molecule has 0 saturated carbocycles. The molecule has 0 bridgehead atoms. The van der Waals surface area contributed by atoms with Crippen molar-refractivity contribution in [3.63, 3.8) is 0 Å². The van der Waals surface area contributed by atoms with Crippen molar-refractivity contribution in [2.75, 3.05) is 26.3 Å². The molecule has 0 amide bonds. The SMILES string of the molecule is Cn1ccsc1=NC(=Nc1c(Cl)cccc1Cl)N1CCOCC1. The number of morpholine rings is 1. The Hall–Kier alpha value is -1.34. The smallest absolute Gasteiger partial charge is 0.228 e. The van der Waals surface area contributed by atoms with E-state index in [1.54, 1.807) is 29.5 Å². The van der Waals surface area contributed by atoms with Crippen LogP contribution in [0.1, 0.15) is 0 Å². The van der Waals surface area contributed by atoms with E-state index < -0.39 is 0 Å². The highest BCUT2D eigenvalue weighted by atomic mass is 35.5. The molecule has 1 aliphatic rings. The summed E-state index contributed by atoms with van der Waals surface area (Å²) in [5.74, 6) is 0.598. The van der Waals surface area contributed by atoms with Crippen molar-refractivity contribution in [2.45, 2.75) is 0 Å². The first-order valence-electron chi connectivity index (χ1n) is 7.15. The topological polar surface area (TPSA) is 42.1 Å². The Balaban J connectivity index is 2.08. The summed E-state index contributed by atoms with van der Waals surface area (Å²) in [4.78, 5) is 12.3. The number of rotatable bonds is 1. The molecule has 0 aliphatic carbocycles. The molecule has 1 fully saturated rings. The van der Waals surface area contributed by atoms with E-state index in [1.165, 1.54) is 0 Å². The van der Waals surface area contributed by atoms with Gasteiger partial charge >= 0.3 is 0 Å². The molecule has 1 aliphatic heterocycles. The highest BCUT2D eigenvalue weighted by Gasteiger charge is 2.16. The van der Waals surface area contributed by atoms with Gasteiger partial charge in [0, 0.05) is 31.7 Å². The van der Waals surface area contributed by atoms with Crippen molar-refractivity contribution in [3.8, 4) is 0 Å². The van der Waals surface area contributed by atoms with Crippen LogP contribution in [0.3, 0.4) is 0 Å². The molecule has 0 atom stereocenters. The molecule has 2 aromatic rings. The molecular weight excluding hydrogens is 355 g/mol. The number of aryl methyl sites for hydroxylation is 1. The van der Waals surface area contributed by atoms with E-state index in [-0.39, 0.29) is 0 Å². The van der Waals surface area contributed by atoms with Gasteiger partial charge in [-0.3, -0.25) is 0 Å². The standard InChI is InChI=1S/C15H16Cl2N4OS/c1-20-7-10-23-15(20)19-14(21-5-8-22-9-6-21)18-13-11(16)3-2-4-12(13)17/h2-4,7,10H,5-6,8-9H2,1H3. The summed E-state index contributed by atoms with van der Waals surface area (Å²) >= 11 is 14.0. The lowest BCUT2D eigenvalue weighted by atomic mass is 10.3. The van der Waals surface area contributed by atoms with E-state index in [4.69, 9.17) is 32.9 Å². The van der Waals surface area contributed by atoms with Crippen LogP contribution in [0.15, 0.2) is 39.8 Å². The minimum Gasteiger partial charge on any atom is -0.378 e. The molecule has 0 spiro atoms. The van der Waals surface area contributed by atoms with Crippen molar-refractivity contribution in [3.05, 3.63) is 44.6 Å². The van der Waals surface area contributed by atoms with Gasteiger partial charge in [-0.05, 0) is 12.1 Å². The third kappa shape index (κ3) is 3.95. The Labute approximate surface area is 148 Å². The lowest BCUT2D eigenvalue weighted by molar-refractivity contribution is 0.0675. The number of thiazole rings is 1. The van der Waals surface area contributed by atoms with E-state index in [0.29, 0.717) is 34.9 Å². The maximum atomic E-state index is 6.25. The highest BCUT2D eigenvalue weighted by molar-refractivity contribution is 7.07. The van der Waals surface area contributed by atoms with Gasteiger partial charge in [0.05, 0.1) is 23.3 Å². The normalized spacial score (nSPS) is 16.9. The first kappa shape index (κ1) is 16.5. The maximum Gasteiger partial charge on any atom is 0.228 e. The Morgan fingerprint density at radius 2 is 1.91 bits per heavy atom. The second kappa shape index (κ2) is 7.49. The highest BCUT2D eigenvalue weighted by Crippen LogP contribution is 2.33. The van der Waals surface area contributed by atoms with Crippen molar-refractivity contribution < 1.29 is 4.74 Å². The van der Waals surface area contributed by atoms with Crippen LogP contribution in [0.5, 0.6) is 0 Å². The summed E-state index contributed by atoms with van der Waals surface area (Å²) in [5, 5.41) is 3.00. The molecule has 8 heteroatoms. The molecule has 5 nitrogen and oxygen atoms in total. The monoisotopic (exact) mass is 370 g/mol. The van der Waals surface area contributed by atoms with Crippen LogP contribution in [0, 0.1) is 0 Å². The molecule has 1 aromatic carbocycles. The number of halogens is 2. The number of para-hydroxylation sites is 1. The van der Waals surface area contributed by atoms with Gasteiger partial charge in [0.2, 0.25) is 5.96 Å². The van der Waals surface area contributed by atoms with Crippen LogP contribution < -0.4 is 4.80 Å². The van der Waals surface area contributed by atoms with Crippen LogP contribution in [0.25, 0.3) is 0 Å². The van der Waals surface area contributed by atoms with Crippen LogP contribution >= 0.6 is 34.5 Å². The van der Waals surface area contributed by atoms with Gasteiger partial charge in [-0.25, -0.2) is 4.99 Å². The van der Waals surface area contributed by atoms with Crippen molar-refractivity contribution >= 4 is 46.2 Å². The molecular formula is C15H16Cl2N4OS. The first-order chi connectivity index (χ1) is 11.1. The fraction of sp³-hybridized carbons (Fsp3) is 0.333. The number of hydrogen-bond donors (Lipinski definition) is 0. The fourth-order valence-electron chi connectivity index (χ4n) is 2.15. The summed E-state index contributed by atoms with van der Waals surface area (Å²) in [6.45, 7) is 2.78. The molecule has 3 rings (SSSR count). The predicted molar refractivity (Wildman–Crippen MR) is 94.8 cm³/mol. The number of aromatic nitrogens is 1. The molecule has 0 unspecified atom stereocenters. The molecule has 1 aromatic heterocycles. The van der Waals surface area contributed by atoms with Crippen LogP contribution in [-0.4, -0.2) is 41.7 Å². The minimum atomic E-state index is 0.508. The second-order valence-electron chi connectivity index (χ2n) is 4.99. The largest absolute Gasteiger partial charge is 0.378 e. The zero-order valence-corrected chi connectivity index (χ0v) is 14.9. The van der Waals surface area contributed by atoms with E-state index in [9.17, 15) is 0 Å². The van der Waals surface area contributed by atoms with Gasteiger partial charge in [0.1, 0.15) is 5.69 Å². The third-order valence-corrected chi connectivity index (χ3v) is 4.86. The van der Waals surface area contributed by atoms with E-state index in [1.807, 2.05) is 23.2 Å². The molecule has 23 heavy (non-hydrogen) atoms. The Morgan fingerprint density at radius 3 is 2.52 bits per heavy atom. The average molecular weight is 371 g/mol. The summed E-state index contributed by atoms with van der Waals surface area (Å²) < 4.78 is 7.37. The van der Waals surface area contributed by atoms with E-state index in [0.717, 1.165) is 17.9 Å². The first-order valence-corrected chi connectivity index (χ1v) is 8.79. The van der Waals surface area contributed by atoms with Crippen LogP contribution in [0.4, 0.5) is 5.69 Å². The number of aliphatic imine (C=N–C) groups is 1. The molecule has 0 N–H and O–H groups in total. The lowest BCUT2D eigenvalue weighted by Gasteiger charge is -2.27. The molecule has 122 valence electrons. The van der Waals surface area contributed by atoms with Crippen molar-refractivity contribution in [2.24, 2.45) is 17.0 Å². The Bertz CT molecular complexity index is 758. The molecule has 2 heterocycles. The third-order valence-electron chi connectivity index (χ3n) is 3.40. The zero-order valence-electron chi connectivity index (χ0n) is 12.6. The van der Waals surface area contributed by atoms with Gasteiger partial charge in [-0.2, -0.15) is 4.99 Å². The number of hydrogen-bond acceptors (Lipinski definition) is 3. The number of guanidine groups is 1.